The number of hydrogen-bond acceptors (Lipinski definition) is 3. The average molecular weight is 198 g/mol. The van der Waals surface area contributed by atoms with Gasteiger partial charge in [0, 0.05) is 7.05 Å². The smallest absolute Gasteiger partial charge is 0.260 e. The third kappa shape index (κ3) is 2.69. The normalized spacial score (nSPS) is 11.9. The van der Waals surface area contributed by atoms with Crippen LogP contribution in [0.1, 0.15) is 6.92 Å². The molecule has 0 aliphatic carbocycles. The number of carbonyl (C=O) groups is 1. The third-order valence-corrected chi connectivity index (χ3v) is 1.63. The number of aromatic nitrogens is 1. The molecule has 0 radical (unpaired) electrons. The van der Waals surface area contributed by atoms with Crippen LogP contribution in [0.4, 0.5) is 4.39 Å². The summed E-state index contributed by atoms with van der Waals surface area (Å²) in [5, 5.41) is 2.44. The summed E-state index contributed by atoms with van der Waals surface area (Å²) in [7, 11) is 1.52. The minimum atomic E-state index is -0.618. The molecule has 5 heteroatoms. The Hall–Kier alpha value is -1.65. The molecular formula is C9H11FN2O2. The monoisotopic (exact) mass is 198 g/mol. The Bertz CT molecular complexity index is 313. The van der Waals surface area contributed by atoms with Crippen LogP contribution in [-0.4, -0.2) is 24.0 Å². The minimum absolute atomic E-state index is 0.241. The van der Waals surface area contributed by atoms with Crippen molar-refractivity contribution >= 4 is 5.91 Å². The van der Waals surface area contributed by atoms with E-state index in [0.29, 0.717) is 5.75 Å². The Labute approximate surface area is 81.1 Å². The summed E-state index contributed by atoms with van der Waals surface area (Å²) in [6, 6.07) is 2.59. The van der Waals surface area contributed by atoms with Gasteiger partial charge in [0.1, 0.15) is 5.75 Å². The lowest BCUT2D eigenvalue weighted by atomic mass is 10.3. The second kappa shape index (κ2) is 4.55. The number of nitrogens with one attached hydrogen (secondary N) is 1. The van der Waals surface area contributed by atoms with Gasteiger partial charge in [-0.1, -0.05) is 0 Å². The number of carbonyl (C=O) groups excluding carboxylic acids is 1. The lowest BCUT2D eigenvalue weighted by molar-refractivity contribution is -0.126. The maximum absolute atomic E-state index is 12.4. The molecule has 0 saturated carbocycles. The van der Waals surface area contributed by atoms with Crippen molar-refractivity contribution < 1.29 is 13.9 Å². The van der Waals surface area contributed by atoms with Gasteiger partial charge in [-0.25, -0.2) is 4.98 Å². The molecule has 76 valence electrons. The summed E-state index contributed by atoms with van der Waals surface area (Å²) in [5.74, 6) is -0.457. The Balaban J connectivity index is 2.60. The number of amides is 1. The van der Waals surface area contributed by atoms with Crippen LogP contribution in [0.25, 0.3) is 0 Å². The molecule has 4 nitrogen and oxygen atoms in total. The molecule has 0 aliphatic heterocycles. The van der Waals surface area contributed by atoms with Crippen molar-refractivity contribution in [1.29, 1.82) is 0 Å². The van der Waals surface area contributed by atoms with Crippen molar-refractivity contribution in [2.24, 2.45) is 0 Å². The zero-order valence-electron chi connectivity index (χ0n) is 7.95. The van der Waals surface area contributed by atoms with E-state index < -0.39 is 12.1 Å². The first-order chi connectivity index (χ1) is 6.63. The molecule has 1 aromatic rings. The fourth-order valence-electron chi connectivity index (χ4n) is 0.893. The predicted octanol–water partition coefficient (Wildman–Crippen LogP) is 0.734. The molecule has 0 aliphatic rings. The number of hydrogen-bond donors (Lipinski definition) is 1. The van der Waals surface area contributed by atoms with E-state index in [1.54, 1.807) is 6.92 Å². The Morgan fingerprint density at radius 3 is 2.86 bits per heavy atom. The highest BCUT2D eigenvalue weighted by Gasteiger charge is 2.12. The van der Waals surface area contributed by atoms with Crippen LogP contribution in [0.2, 0.25) is 0 Å². The Morgan fingerprint density at radius 2 is 2.36 bits per heavy atom. The van der Waals surface area contributed by atoms with E-state index >= 15 is 0 Å². The maximum Gasteiger partial charge on any atom is 0.260 e. The quantitative estimate of drug-likeness (QED) is 0.728. The van der Waals surface area contributed by atoms with Gasteiger partial charge in [-0.05, 0) is 19.1 Å². The molecule has 1 unspecified atom stereocenters. The summed E-state index contributed by atoms with van der Waals surface area (Å²) in [6.07, 6.45) is 0.613. The average Bonchev–Trinajstić information content (AvgIpc) is 2.20. The third-order valence-electron chi connectivity index (χ3n) is 1.63. The van der Waals surface area contributed by atoms with Gasteiger partial charge in [0.25, 0.3) is 5.91 Å². The van der Waals surface area contributed by atoms with Crippen LogP contribution in [-0.2, 0) is 4.79 Å². The van der Waals surface area contributed by atoms with Crippen LogP contribution in [0.3, 0.4) is 0 Å². The van der Waals surface area contributed by atoms with Crippen molar-refractivity contribution in [2.75, 3.05) is 7.05 Å². The van der Waals surface area contributed by atoms with E-state index in [2.05, 4.69) is 10.3 Å². The predicted molar refractivity (Wildman–Crippen MR) is 48.4 cm³/mol. The number of halogens is 1. The highest BCUT2D eigenvalue weighted by atomic mass is 19.1. The van der Waals surface area contributed by atoms with E-state index in [9.17, 15) is 9.18 Å². The van der Waals surface area contributed by atoms with Gasteiger partial charge in [0.05, 0.1) is 6.20 Å². The van der Waals surface area contributed by atoms with Gasteiger partial charge in [0.15, 0.2) is 6.10 Å². The summed E-state index contributed by atoms with van der Waals surface area (Å²) in [4.78, 5) is 14.4. The van der Waals surface area contributed by atoms with Crippen LogP contribution in [0, 0.1) is 5.95 Å². The van der Waals surface area contributed by atoms with Gasteiger partial charge in [0.2, 0.25) is 5.95 Å². The summed E-state index contributed by atoms with van der Waals surface area (Å²) < 4.78 is 17.6. The van der Waals surface area contributed by atoms with Crippen molar-refractivity contribution in [1.82, 2.24) is 10.3 Å². The zero-order valence-corrected chi connectivity index (χ0v) is 7.95. The Kier molecular flexibility index (Phi) is 3.39. The molecule has 1 N–H and O–H groups in total. The maximum atomic E-state index is 12.4. The largest absolute Gasteiger partial charge is 0.479 e. The van der Waals surface area contributed by atoms with Crippen LogP contribution < -0.4 is 10.1 Å². The van der Waals surface area contributed by atoms with Gasteiger partial charge in [-0.3, -0.25) is 4.79 Å². The van der Waals surface area contributed by atoms with E-state index in [1.165, 1.54) is 25.4 Å². The SMILES string of the molecule is CNC(=O)C(C)Oc1ccc(F)nc1. The molecule has 14 heavy (non-hydrogen) atoms. The molecule has 1 heterocycles. The number of likely N-dealkylation sites (N-methyl/N-ethyl adjacent to an activating group) is 1. The van der Waals surface area contributed by atoms with Crippen LogP contribution >= 0.6 is 0 Å². The molecule has 0 saturated heterocycles. The topological polar surface area (TPSA) is 51.2 Å². The molecule has 1 rings (SSSR count). The second-order valence-corrected chi connectivity index (χ2v) is 2.69. The Morgan fingerprint density at radius 1 is 1.64 bits per heavy atom. The first kappa shape index (κ1) is 10.4. The fourth-order valence-corrected chi connectivity index (χ4v) is 0.893. The molecule has 0 bridgehead atoms. The molecular weight excluding hydrogens is 187 g/mol. The van der Waals surface area contributed by atoms with E-state index in [-0.39, 0.29) is 5.91 Å². The van der Waals surface area contributed by atoms with Crippen molar-refractivity contribution in [3.05, 3.63) is 24.3 Å². The van der Waals surface area contributed by atoms with Crippen LogP contribution in [0.5, 0.6) is 5.75 Å². The standard InChI is InChI=1S/C9H11FN2O2/c1-6(9(13)11-2)14-7-3-4-8(10)12-5-7/h3-6H,1-2H3,(H,11,13). The fraction of sp³-hybridized carbons (Fsp3) is 0.333. The van der Waals surface area contributed by atoms with Crippen molar-refractivity contribution in [3.8, 4) is 5.75 Å². The summed E-state index contributed by atoms with van der Waals surface area (Å²) in [6.45, 7) is 1.60. The van der Waals surface area contributed by atoms with Gasteiger partial charge >= 0.3 is 0 Å². The number of rotatable bonds is 3. The highest BCUT2D eigenvalue weighted by molar-refractivity contribution is 5.80. The number of pyridine rings is 1. The van der Waals surface area contributed by atoms with Gasteiger partial charge in [-0.2, -0.15) is 4.39 Å². The second-order valence-electron chi connectivity index (χ2n) is 2.69. The van der Waals surface area contributed by atoms with E-state index in [0.717, 1.165) is 0 Å². The van der Waals surface area contributed by atoms with E-state index in [1.807, 2.05) is 0 Å². The number of ether oxygens (including phenoxy) is 1. The first-order valence-corrected chi connectivity index (χ1v) is 4.13. The lowest BCUT2D eigenvalue weighted by Crippen LogP contribution is -2.33. The summed E-state index contributed by atoms with van der Waals surface area (Å²) >= 11 is 0. The van der Waals surface area contributed by atoms with Gasteiger partial charge < -0.3 is 10.1 Å². The van der Waals surface area contributed by atoms with E-state index in [4.69, 9.17) is 4.74 Å². The minimum Gasteiger partial charge on any atom is -0.479 e. The lowest BCUT2D eigenvalue weighted by Gasteiger charge is -2.12. The van der Waals surface area contributed by atoms with Crippen molar-refractivity contribution in [3.63, 3.8) is 0 Å². The highest BCUT2D eigenvalue weighted by Crippen LogP contribution is 2.10. The molecule has 0 aromatic carbocycles. The molecule has 0 fully saturated rings. The zero-order chi connectivity index (χ0) is 10.6. The van der Waals surface area contributed by atoms with Gasteiger partial charge in [-0.15, -0.1) is 0 Å². The molecule has 1 aromatic heterocycles. The molecule has 0 spiro atoms. The van der Waals surface area contributed by atoms with Crippen molar-refractivity contribution in [2.45, 2.75) is 13.0 Å². The first-order valence-electron chi connectivity index (χ1n) is 4.13. The summed E-state index contributed by atoms with van der Waals surface area (Å²) in [5.41, 5.74) is 0. The molecule has 1 atom stereocenters. The molecule has 1 amide bonds. The van der Waals surface area contributed by atoms with Crippen LogP contribution in [0.15, 0.2) is 18.3 Å². The number of nitrogens with zero attached hydrogens (tertiary/aromatic N) is 1.